The van der Waals surface area contributed by atoms with E-state index in [1.165, 1.54) is 26.8 Å². The largest absolute Gasteiger partial charge is 0.225 e. The van der Waals surface area contributed by atoms with Gasteiger partial charge >= 0.3 is 0 Å². The minimum absolute atomic E-state index is 0.588. The fraction of sp³-hybridized carbons (Fsp3) is 0. The van der Waals surface area contributed by atoms with Crippen LogP contribution in [0.15, 0.2) is 30.3 Å². The van der Waals surface area contributed by atoms with E-state index in [0.717, 1.165) is 19.9 Å². The van der Waals surface area contributed by atoms with Crippen LogP contribution in [0.1, 0.15) is 0 Å². The maximum atomic E-state index is 6.24. The molecule has 2 aromatic heterocycles. The topological polar surface area (TPSA) is 12.9 Å². The molecule has 0 saturated carbocycles. The van der Waals surface area contributed by atoms with Crippen molar-refractivity contribution in [1.82, 2.24) is 4.98 Å². The number of thiophene rings is 1. The van der Waals surface area contributed by atoms with Crippen molar-refractivity contribution in [1.29, 1.82) is 0 Å². The van der Waals surface area contributed by atoms with Gasteiger partial charge in [0, 0.05) is 15.5 Å². The van der Waals surface area contributed by atoms with Gasteiger partial charge in [-0.1, -0.05) is 35.3 Å². The summed E-state index contributed by atoms with van der Waals surface area (Å²) in [4.78, 5) is 4.33. The molecule has 5 heteroatoms. The van der Waals surface area contributed by atoms with Gasteiger partial charge in [-0.05, 0) is 18.2 Å². The lowest BCUT2D eigenvalue weighted by Crippen LogP contribution is -1.69. The zero-order valence-electron chi connectivity index (χ0n) is 8.91. The van der Waals surface area contributed by atoms with Gasteiger partial charge in [0.1, 0.15) is 0 Å². The highest BCUT2D eigenvalue weighted by molar-refractivity contribution is 7.27. The Balaban J connectivity index is 2.25. The summed E-state index contributed by atoms with van der Waals surface area (Å²) in [5.74, 6) is 0. The molecular weight excluding hydrogens is 305 g/mol. The highest BCUT2D eigenvalue weighted by atomic mass is 35.5. The maximum absolute atomic E-state index is 6.24. The van der Waals surface area contributed by atoms with Crippen LogP contribution in [0.3, 0.4) is 0 Å². The summed E-state index contributed by atoms with van der Waals surface area (Å²) in [5, 5.41) is 3.20. The van der Waals surface area contributed by atoms with Crippen LogP contribution >= 0.6 is 45.9 Å². The van der Waals surface area contributed by atoms with Crippen molar-refractivity contribution in [2.24, 2.45) is 0 Å². The first-order chi connectivity index (χ1) is 8.72. The van der Waals surface area contributed by atoms with Crippen LogP contribution < -0.4 is 0 Å². The van der Waals surface area contributed by atoms with Crippen molar-refractivity contribution < 1.29 is 0 Å². The van der Waals surface area contributed by atoms with Crippen LogP contribution in [-0.2, 0) is 0 Å². The molecule has 18 heavy (non-hydrogen) atoms. The van der Waals surface area contributed by atoms with Crippen LogP contribution in [0.4, 0.5) is 0 Å². The third-order valence-corrected chi connectivity index (χ3v) is 5.68. The van der Waals surface area contributed by atoms with Crippen molar-refractivity contribution in [3.8, 4) is 0 Å². The second-order valence-corrected chi connectivity index (χ2v) is 7.07. The number of hydrogen-bond acceptors (Lipinski definition) is 3. The number of aromatic nitrogens is 1. The molecule has 0 N–H and O–H groups in total. The van der Waals surface area contributed by atoms with Gasteiger partial charge in [-0.15, -0.1) is 22.7 Å². The van der Waals surface area contributed by atoms with E-state index in [9.17, 15) is 0 Å². The quantitative estimate of drug-likeness (QED) is 0.390. The molecule has 0 aliphatic carbocycles. The van der Waals surface area contributed by atoms with Crippen molar-refractivity contribution in [2.45, 2.75) is 0 Å². The van der Waals surface area contributed by atoms with Crippen molar-refractivity contribution in [3.05, 3.63) is 39.8 Å². The van der Waals surface area contributed by atoms with E-state index in [1.807, 2.05) is 12.1 Å². The van der Waals surface area contributed by atoms with Gasteiger partial charge in [0.15, 0.2) is 4.47 Å². The molecule has 1 nitrogen and oxygen atoms in total. The lowest BCUT2D eigenvalue weighted by molar-refractivity contribution is 1.51. The number of benzene rings is 2. The summed E-state index contributed by atoms with van der Waals surface area (Å²) >= 11 is 15.4. The number of hydrogen-bond donors (Lipinski definition) is 0. The van der Waals surface area contributed by atoms with Crippen molar-refractivity contribution in [2.75, 3.05) is 0 Å². The molecule has 88 valence electrons. The summed E-state index contributed by atoms with van der Waals surface area (Å²) < 4.78 is 4.07. The Morgan fingerprint density at radius 3 is 2.72 bits per heavy atom. The van der Waals surface area contributed by atoms with E-state index in [4.69, 9.17) is 23.2 Å². The smallest absolute Gasteiger partial charge is 0.184 e. The predicted molar refractivity (Wildman–Crippen MR) is 82.5 cm³/mol. The molecule has 0 spiro atoms. The van der Waals surface area contributed by atoms with E-state index >= 15 is 0 Å². The molecule has 4 aromatic rings. The zero-order valence-corrected chi connectivity index (χ0v) is 12.1. The summed E-state index contributed by atoms with van der Waals surface area (Å²) in [7, 11) is 0. The fourth-order valence-corrected chi connectivity index (χ4v) is 4.70. The minimum atomic E-state index is 0.588. The van der Waals surface area contributed by atoms with Gasteiger partial charge in [0.05, 0.1) is 19.9 Å². The number of halogens is 2. The summed E-state index contributed by atoms with van der Waals surface area (Å²) in [6.07, 6.45) is 0. The minimum Gasteiger partial charge on any atom is -0.225 e. The third kappa shape index (κ3) is 1.48. The lowest BCUT2D eigenvalue weighted by Gasteiger charge is -1.92. The Morgan fingerprint density at radius 1 is 0.944 bits per heavy atom. The number of thiazole rings is 1. The predicted octanol–water partition coefficient (Wildman–Crippen LogP) is 5.97. The Bertz CT molecular complexity index is 907. The lowest BCUT2D eigenvalue weighted by atomic mass is 10.1. The molecule has 0 bridgehead atoms. The molecule has 4 rings (SSSR count). The monoisotopic (exact) mass is 309 g/mol. The Morgan fingerprint density at radius 2 is 1.83 bits per heavy atom. The van der Waals surface area contributed by atoms with Crippen molar-refractivity contribution >= 4 is 76.3 Å². The molecule has 2 heterocycles. The van der Waals surface area contributed by atoms with Gasteiger partial charge in [-0.2, -0.15) is 0 Å². The summed E-state index contributed by atoms with van der Waals surface area (Å²) in [5.41, 5.74) is 0.956. The molecule has 2 aromatic carbocycles. The SMILES string of the molecule is Clc1nc2cc3c(cc2s1)sc1c(Cl)cccc13. The molecule has 0 radical (unpaired) electrons. The van der Waals surface area contributed by atoms with Crippen LogP contribution in [0.25, 0.3) is 30.4 Å². The first kappa shape index (κ1) is 11.0. The van der Waals surface area contributed by atoms with Crippen molar-refractivity contribution in [3.63, 3.8) is 0 Å². The Hall–Kier alpha value is -0.870. The van der Waals surface area contributed by atoms with Gasteiger partial charge in [0.25, 0.3) is 0 Å². The molecule has 0 saturated heterocycles. The molecule has 0 amide bonds. The highest BCUT2D eigenvalue weighted by Crippen LogP contribution is 2.40. The number of rotatable bonds is 0. The normalized spacial score (nSPS) is 11.9. The molecule has 0 aliphatic rings. The molecule has 0 fully saturated rings. The average molecular weight is 310 g/mol. The van der Waals surface area contributed by atoms with Gasteiger partial charge in [-0.3, -0.25) is 0 Å². The standard InChI is InChI=1S/C13H5Cl2NS2/c14-8-3-1-2-6-7-4-9-11(18-13(15)16-9)5-10(7)17-12(6)8/h1-5H. The molecule has 0 atom stereocenters. The van der Waals surface area contributed by atoms with E-state index < -0.39 is 0 Å². The summed E-state index contributed by atoms with van der Waals surface area (Å²) in [6.45, 7) is 0. The van der Waals surface area contributed by atoms with Gasteiger partial charge in [0.2, 0.25) is 0 Å². The molecule has 0 unspecified atom stereocenters. The van der Waals surface area contributed by atoms with E-state index in [-0.39, 0.29) is 0 Å². The second-order valence-electron chi connectivity index (χ2n) is 4.00. The summed E-state index contributed by atoms with van der Waals surface area (Å²) in [6, 6.07) is 10.3. The molecule has 0 aliphatic heterocycles. The van der Waals surface area contributed by atoms with Crippen LogP contribution in [0.2, 0.25) is 9.49 Å². The maximum Gasteiger partial charge on any atom is 0.184 e. The van der Waals surface area contributed by atoms with E-state index in [2.05, 4.69) is 23.2 Å². The second kappa shape index (κ2) is 3.81. The Kier molecular flexibility index (Phi) is 2.33. The first-order valence-corrected chi connectivity index (χ1v) is 7.68. The first-order valence-electron chi connectivity index (χ1n) is 5.29. The molecular formula is C13H5Cl2NS2. The van der Waals surface area contributed by atoms with Gasteiger partial charge < -0.3 is 0 Å². The average Bonchev–Trinajstić information content (AvgIpc) is 2.86. The number of fused-ring (bicyclic) bond motifs is 4. The fourth-order valence-electron chi connectivity index (χ4n) is 2.16. The Labute approximate surface area is 121 Å². The van der Waals surface area contributed by atoms with Crippen LogP contribution in [0.5, 0.6) is 0 Å². The number of nitrogens with zero attached hydrogens (tertiary/aromatic N) is 1. The van der Waals surface area contributed by atoms with Gasteiger partial charge in [-0.25, -0.2) is 4.98 Å². The third-order valence-electron chi connectivity index (χ3n) is 2.93. The van der Waals surface area contributed by atoms with E-state index in [0.29, 0.717) is 4.47 Å². The van der Waals surface area contributed by atoms with Crippen LogP contribution in [-0.4, -0.2) is 4.98 Å². The highest BCUT2D eigenvalue weighted by Gasteiger charge is 2.10. The zero-order chi connectivity index (χ0) is 12.3. The van der Waals surface area contributed by atoms with Crippen LogP contribution in [0, 0.1) is 0 Å². The van der Waals surface area contributed by atoms with E-state index in [1.54, 1.807) is 11.3 Å².